The number of hydrogen-bond donors (Lipinski definition) is 2. The van der Waals surface area contributed by atoms with Gasteiger partial charge in [0.25, 0.3) is 11.8 Å². The summed E-state index contributed by atoms with van der Waals surface area (Å²) in [4.78, 5) is 25.6. The predicted octanol–water partition coefficient (Wildman–Crippen LogP) is 0.355. The zero-order valence-corrected chi connectivity index (χ0v) is 9.22. The summed E-state index contributed by atoms with van der Waals surface area (Å²) in [5, 5.41) is 0. The van der Waals surface area contributed by atoms with Gasteiger partial charge in [-0.15, -0.1) is 0 Å². The molecule has 0 radical (unpaired) electrons. The highest BCUT2D eigenvalue weighted by Crippen LogP contribution is 2.34. The largest absolute Gasteiger partial charge is 0.398 e. The van der Waals surface area contributed by atoms with Gasteiger partial charge in [0.1, 0.15) is 0 Å². The number of anilines is 1. The lowest BCUT2D eigenvalue weighted by atomic mass is 9.86. The van der Waals surface area contributed by atoms with E-state index in [2.05, 4.69) is 0 Å². The second-order valence-electron chi connectivity index (χ2n) is 4.64. The molecule has 0 saturated heterocycles. The zero-order chi connectivity index (χ0) is 12.2. The van der Waals surface area contributed by atoms with E-state index in [1.165, 1.54) is 4.90 Å². The van der Waals surface area contributed by atoms with Crippen molar-refractivity contribution in [2.45, 2.75) is 24.9 Å². The number of benzene rings is 1. The smallest absolute Gasteiger partial charge is 0.263 e. The lowest BCUT2D eigenvalue weighted by Crippen LogP contribution is -2.52. The Labute approximate surface area is 98.4 Å². The summed E-state index contributed by atoms with van der Waals surface area (Å²) in [6.07, 6.45) is 1.37. The molecule has 1 aliphatic carbocycles. The Hall–Kier alpha value is -1.88. The van der Waals surface area contributed by atoms with E-state index >= 15 is 0 Å². The average molecular weight is 231 g/mol. The van der Waals surface area contributed by atoms with Crippen LogP contribution < -0.4 is 11.5 Å². The van der Waals surface area contributed by atoms with Crippen LogP contribution in [-0.2, 0) is 0 Å². The second kappa shape index (κ2) is 3.30. The number of amides is 2. The summed E-state index contributed by atoms with van der Waals surface area (Å²) >= 11 is 0. The quantitative estimate of drug-likeness (QED) is 0.539. The lowest BCUT2D eigenvalue weighted by Gasteiger charge is -2.37. The molecule has 0 unspecified atom stereocenters. The van der Waals surface area contributed by atoms with Crippen molar-refractivity contribution in [2.24, 2.45) is 5.73 Å². The SMILES string of the molecule is Nc1cccc2c1C(=O)N(C1CC(N)C1)C2=O. The molecule has 0 atom stereocenters. The van der Waals surface area contributed by atoms with E-state index in [9.17, 15) is 9.59 Å². The monoisotopic (exact) mass is 231 g/mol. The first-order valence-corrected chi connectivity index (χ1v) is 5.61. The first-order valence-electron chi connectivity index (χ1n) is 5.61. The Bertz CT molecular complexity index is 520. The van der Waals surface area contributed by atoms with Crippen molar-refractivity contribution in [3.8, 4) is 0 Å². The van der Waals surface area contributed by atoms with Crippen molar-refractivity contribution in [3.63, 3.8) is 0 Å². The molecule has 1 fully saturated rings. The minimum Gasteiger partial charge on any atom is -0.398 e. The van der Waals surface area contributed by atoms with Gasteiger partial charge in [-0.25, -0.2) is 0 Å². The van der Waals surface area contributed by atoms with E-state index in [1.807, 2.05) is 0 Å². The third-order valence-electron chi connectivity index (χ3n) is 3.49. The predicted molar refractivity (Wildman–Crippen MR) is 62.4 cm³/mol. The number of nitrogens with two attached hydrogens (primary N) is 2. The van der Waals surface area contributed by atoms with Gasteiger partial charge in [-0.1, -0.05) is 6.07 Å². The van der Waals surface area contributed by atoms with E-state index in [1.54, 1.807) is 18.2 Å². The molecular formula is C12H13N3O2. The van der Waals surface area contributed by atoms with Gasteiger partial charge in [0.2, 0.25) is 0 Å². The second-order valence-corrected chi connectivity index (χ2v) is 4.64. The molecule has 1 aliphatic heterocycles. The van der Waals surface area contributed by atoms with E-state index in [4.69, 9.17) is 11.5 Å². The number of rotatable bonds is 1. The maximum atomic E-state index is 12.2. The van der Waals surface area contributed by atoms with Crippen molar-refractivity contribution < 1.29 is 9.59 Å². The van der Waals surface area contributed by atoms with E-state index in [0.29, 0.717) is 29.7 Å². The van der Waals surface area contributed by atoms with Crippen LogP contribution in [0.4, 0.5) is 5.69 Å². The third kappa shape index (κ3) is 1.29. The first-order chi connectivity index (χ1) is 8.09. The van der Waals surface area contributed by atoms with Crippen LogP contribution in [-0.4, -0.2) is 28.8 Å². The minimum atomic E-state index is -0.278. The number of nitrogen functional groups attached to an aromatic ring is 1. The summed E-state index contributed by atoms with van der Waals surface area (Å²) < 4.78 is 0. The molecule has 88 valence electrons. The number of carbonyl (C=O) groups excluding carboxylic acids is 2. The van der Waals surface area contributed by atoms with Crippen LogP contribution in [0.15, 0.2) is 18.2 Å². The molecule has 4 N–H and O–H groups in total. The lowest BCUT2D eigenvalue weighted by molar-refractivity contribution is 0.0483. The number of nitrogens with zero attached hydrogens (tertiary/aromatic N) is 1. The zero-order valence-electron chi connectivity index (χ0n) is 9.22. The molecule has 1 aromatic rings. The Balaban J connectivity index is 2.00. The number of fused-ring (bicyclic) bond motifs is 1. The normalized spacial score (nSPS) is 27.0. The summed E-state index contributed by atoms with van der Waals surface area (Å²) in [7, 11) is 0. The van der Waals surface area contributed by atoms with E-state index in [-0.39, 0.29) is 23.9 Å². The highest BCUT2D eigenvalue weighted by Gasteiger charge is 2.44. The van der Waals surface area contributed by atoms with Crippen LogP contribution in [0.25, 0.3) is 0 Å². The van der Waals surface area contributed by atoms with Crippen molar-refractivity contribution in [2.75, 3.05) is 5.73 Å². The third-order valence-corrected chi connectivity index (χ3v) is 3.49. The molecule has 3 rings (SSSR count). The summed E-state index contributed by atoms with van der Waals surface area (Å²) in [6, 6.07) is 5.01. The number of imide groups is 1. The molecule has 2 amide bonds. The van der Waals surface area contributed by atoms with Crippen LogP contribution in [0, 0.1) is 0 Å². The molecule has 0 bridgehead atoms. The summed E-state index contributed by atoms with van der Waals surface area (Å²) in [6.45, 7) is 0. The van der Waals surface area contributed by atoms with Gasteiger partial charge in [0.05, 0.1) is 11.1 Å². The molecule has 17 heavy (non-hydrogen) atoms. The Kier molecular flexibility index (Phi) is 2.00. The van der Waals surface area contributed by atoms with Gasteiger partial charge < -0.3 is 11.5 Å². The van der Waals surface area contributed by atoms with E-state index in [0.717, 1.165) is 0 Å². The Morgan fingerprint density at radius 1 is 1.18 bits per heavy atom. The van der Waals surface area contributed by atoms with Gasteiger partial charge in [-0.3, -0.25) is 14.5 Å². The molecule has 0 aromatic heterocycles. The molecule has 1 aromatic carbocycles. The molecule has 5 heteroatoms. The van der Waals surface area contributed by atoms with Crippen LogP contribution >= 0.6 is 0 Å². The number of carbonyl (C=O) groups is 2. The fourth-order valence-corrected chi connectivity index (χ4v) is 2.50. The average Bonchev–Trinajstić information content (AvgIpc) is 2.49. The molecule has 1 heterocycles. The van der Waals surface area contributed by atoms with Gasteiger partial charge in [-0.2, -0.15) is 0 Å². The standard InChI is InChI=1S/C12H13N3O2/c13-6-4-7(5-6)15-11(16)8-2-1-3-9(14)10(8)12(15)17/h1-3,6-7H,4-5,13-14H2. The van der Waals surface area contributed by atoms with Crippen LogP contribution in [0.5, 0.6) is 0 Å². The topological polar surface area (TPSA) is 89.4 Å². The fourth-order valence-electron chi connectivity index (χ4n) is 2.50. The highest BCUT2D eigenvalue weighted by atomic mass is 16.2. The molecule has 0 spiro atoms. The van der Waals surface area contributed by atoms with Gasteiger partial charge in [0.15, 0.2) is 0 Å². The fraction of sp³-hybridized carbons (Fsp3) is 0.333. The minimum absolute atomic E-state index is 0.0585. The number of hydrogen-bond acceptors (Lipinski definition) is 4. The Morgan fingerprint density at radius 2 is 1.88 bits per heavy atom. The first kappa shape index (κ1) is 10.3. The molecule has 2 aliphatic rings. The van der Waals surface area contributed by atoms with Gasteiger partial charge in [0, 0.05) is 17.8 Å². The van der Waals surface area contributed by atoms with Gasteiger partial charge >= 0.3 is 0 Å². The van der Waals surface area contributed by atoms with Crippen molar-refractivity contribution in [3.05, 3.63) is 29.3 Å². The molecular weight excluding hydrogens is 218 g/mol. The maximum absolute atomic E-state index is 12.2. The van der Waals surface area contributed by atoms with Gasteiger partial charge in [-0.05, 0) is 25.0 Å². The van der Waals surface area contributed by atoms with Crippen molar-refractivity contribution in [1.29, 1.82) is 0 Å². The van der Waals surface area contributed by atoms with Crippen LogP contribution in [0.2, 0.25) is 0 Å². The van der Waals surface area contributed by atoms with E-state index < -0.39 is 0 Å². The Morgan fingerprint density at radius 3 is 2.47 bits per heavy atom. The van der Waals surface area contributed by atoms with Crippen molar-refractivity contribution >= 4 is 17.5 Å². The molecule has 5 nitrogen and oxygen atoms in total. The van der Waals surface area contributed by atoms with Crippen molar-refractivity contribution in [1.82, 2.24) is 4.90 Å². The maximum Gasteiger partial charge on any atom is 0.263 e. The summed E-state index contributed by atoms with van der Waals surface area (Å²) in [5.41, 5.74) is 12.6. The highest BCUT2D eigenvalue weighted by molar-refractivity contribution is 6.23. The van der Waals surface area contributed by atoms with Crippen LogP contribution in [0.3, 0.4) is 0 Å². The van der Waals surface area contributed by atoms with Crippen LogP contribution in [0.1, 0.15) is 33.6 Å². The summed E-state index contributed by atoms with van der Waals surface area (Å²) in [5.74, 6) is -0.519. The molecule has 1 saturated carbocycles.